The molecule has 2 rings (SSSR count). The maximum Gasteiger partial charge on any atom is 0.0410 e. The summed E-state index contributed by atoms with van der Waals surface area (Å²) >= 11 is 9.87. The van der Waals surface area contributed by atoms with Crippen LogP contribution >= 0.6 is 27.5 Å². The van der Waals surface area contributed by atoms with E-state index in [0.717, 1.165) is 31.2 Å². The molecule has 0 radical (unpaired) electrons. The molecular weight excluding hydrogens is 324 g/mol. The van der Waals surface area contributed by atoms with E-state index >= 15 is 0 Å². The van der Waals surface area contributed by atoms with Gasteiger partial charge in [-0.05, 0) is 30.2 Å². The van der Waals surface area contributed by atoms with Crippen LogP contribution in [-0.2, 0) is 0 Å². The van der Waals surface area contributed by atoms with Crippen LogP contribution in [-0.4, -0.2) is 31.1 Å². The fourth-order valence-corrected chi connectivity index (χ4v) is 3.39. The van der Waals surface area contributed by atoms with Gasteiger partial charge in [0.1, 0.15) is 0 Å². The SMILES string of the molecule is CCCC[C@H](c1cc(Cl)ccc1Br)N1CCNCC1. The predicted molar refractivity (Wildman–Crippen MR) is 85.9 cm³/mol. The molecular formula is C15H22BrClN2. The van der Waals surface area contributed by atoms with E-state index < -0.39 is 0 Å². The van der Waals surface area contributed by atoms with Gasteiger partial charge in [-0.2, -0.15) is 0 Å². The highest BCUT2D eigenvalue weighted by Crippen LogP contribution is 2.33. The summed E-state index contributed by atoms with van der Waals surface area (Å²) in [5.41, 5.74) is 1.34. The second-order valence-corrected chi connectivity index (χ2v) is 6.40. The molecule has 1 aliphatic rings. The van der Waals surface area contributed by atoms with Gasteiger partial charge in [-0.15, -0.1) is 0 Å². The Morgan fingerprint density at radius 2 is 2.11 bits per heavy atom. The third-order valence-electron chi connectivity index (χ3n) is 3.74. The quantitative estimate of drug-likeness (QED) is 0.858. The van der Waals surface area contributed by atoms with Gasteiger partial charge in [0.2, 0.25) is 0 Å². The van der Waals surface area contributed by atoms with E-state index in [1.807, 2.05) is 6.07 Å². The second-order valence-electron chi connectivity index (χ2n) is 5.11. The molecule has 0 aliphatic carbocycles. The Morgan fingerprint density at radius 3 is 2.79 bits per heavy atom. The van der Waals surface area contributed by atoms with Crippen molar-refractivity contribution in [3.8, 4) is 0 Å². The highest BCUT2D eigenvalue weighted by molar-refractivity contribution is 9.10. The van der Waals surface area contributed by atoms with Crippen molar-refractivity contribution < 1.29 is 0 Å². The van der Waals surface area contributed by atoms with Gasteiger partial charge in [0, 0.05) is 41.7 Å². The Kier molecular flexibility index (Phi) is 6.14. The summed E-state index contributed by atoms with van der Waals surface area (Å²) in [6.07, 6.45) is 3.70. The largest absolute Gasteiger partial charge is 0.314 e. The molecule has 2 nitrogen and oxygen atoms in total. The number of unbranched alkanes of at least 4 members (excludes halogenated alkanes) is 1. The molecule has 1 atom stereocenters. The summed E-state index contributed by atoms with van der Waals surface area (Å²) in [4.78, 5) is 2.59. The van der Waals surface area contributed by atoms with Crippen molar-refractivity contribution in [2.75, 3.05) is 26.2 Å². The van der Waals surface area contributed by atoms with Crippen LogP contribution in [0.1, 0.15) is 37.8 Å². The van der Waals surface area contributed by atoms with Gasteiger partial charge in [0.25, 0.3) is 0 Å². The summed E-state index contributed by atoms with van der Waals surface area (Å²) < 4.78 is 1.18. The first-order valence-electron chi connectivity index (χ1n) is 7.12. The van der Waals surface area contributed by atoms with Gasteiger partial charge in [-0.3, -0.25) is 4.90 Å². The molecule has 4 heteroatoms. The minimum Gasteiger partial charge on any atom is -0.314 e. The van der Waals surface area contributed by atoms with E-state index in [1.54, 1.807) is 0 Å². The summed E-state index contributed by atoms with van der Waals surface area (Å²) in [5.74, 6) is 0. The number of piperazine rings is 1. The molecule has 0 bridgehead atoms. The van der Waals surface area contributed by atoms with Crippen LogP contribution in [0.4, 0.5) is 0 Å². The molecule has 1 fully saturated rings. The van der Waals surface area contributed by atoms with Crippen molar-refractivity contribution in [3.63, 3.8) is 0 Å². The van der Waals surface area contributed by atoms with E-state index in [-0.39, 0.29) is 0 Å². The van der Waals surface area contributed by atoms with E-state index in [4.69, 9.17) is 11.6 Å². The Balaban J connectivity index is 2.22. The normalized spacial score (nSPS) is 18.5. The van der Waals surface area contributed by atoms with Crippen molar-refractivity contribution in [2.24, 2.45) is 0 Å². The Morgan fingerprint density at radius 1 is 1.37 bits per heavy atom. The Labute approximate surface area is 129 Å². The Hall–Kier alpha value is -0.0900. The van der Waals surface area contributed by atoms with Gasteiger partial charge in [0.05, 0.1) is 0 Å². The van der Waals surface area contributed by atoms with E-state index in [1.165, 1.54) is 29.3 Å². The maximum atomic E-state index is 6.18. The standard InChI is InChI=1S/C15H22BrClN2/c1-2-3-4-15(19-9-7-18-8-10-19)13-11-12(17)5-6-14(13)16/h5-6,11,15,18H,2-4,7-10H2,1H3/t15-/m1/s1. The highest BCUT2D eigenvalue weighted by atomic mass is 79.9. The van der Waals surface area contributed by atoms with Crippen molar-refractivity contribution >= 4 is 27.5 Å². The lowest BCUT2D eigenvalue weighted by atomic mass is 9.99. The smallest absolute Gasteiger partial charge is 0.0410 e. The summed E-state index contributed by atoms with van der Waals surface area (Å²) in [5, 5.41) is 4.25. The average Bonchev–Trinajstić information content (AvgIpc) is 2.44. The lowest BCUT2D eigenvalue weighted by Crippen LogP contribution is -2.45. The number of benzene rings is 1. The number of hydrogen-bond acceptors (Lipinski definition) is 2. The molecule has 0 aromatic heterocycles. The molecule has 1 aliphatic heterocycles. The van der Waals surface area contributed by atoms with Crippen LogP contribution in [0.25, 0.3) is 0 Å². The number of halogens is 2. The number of nitrogens with one attached hydrogen (secondary N) is 1. The van der Waals surface area contributed by atoms with Crippen LogP contribution in [0.5, 0.6) is 0 Å². The molecule has 1 aromatic rings. The topological polar surface area (TPSA) is 15.3 Å². The molecule has 1 heterocycles. The Bertz CT molecular complexity index is 405. The maximum absolute atomic E-state index is 6.18. The minimum atomic E-state index is 0.482. The lowest BCUT2D eigenvalue weighted by Gasteiger charge is -2.36. The zero-order chi connectivity index (χ0) is 13.7. The molecule has 0 unspecified atom stereocenters. The molecule has 0 amide bonds. The first kappa shape index (κ1) is 15.3. The van der Waals surface area contributed by atoms with Gasteiger partial charge in [-0.25, -0.2) is 0 Å². The first-order valence-corrected chi connectivity index (χ1v) is 8.29. The fourth-order valence-electron chi connectivity index (χ4n) is 2.70. The lowest BCUT2D eigenvalue weighted by molar-refractivity contribution is 0.162. The van der Waals surface area contributed by atoms with E-state index in [2.05, 4.69) is 45.2 Å². The third-order valence-corrected chi connectivity index (χ3v) is 4.70. The zero-order valence-electron chi connectivity index (χ0n) is 11.5. The molecule has 106 valence electrons. The number of nitrogens with zero attached hydrogens (tertiary/aromatic N) is 1. The number of rotatable bonds is 5. The van der Waals surface area contributed by atoms with Crippen LogP contribution in [0.3, 0.4) is 0 Å². The monoisotopic (exact) mass is 344 g/mol. The average molecular weight is 346 g/mol. The van der Waals surface area contributed by atoms with Gasteiger partial charge in [0.15, 0.2) is 0 Å². The molecule has 1 saturated heterocycles. The zero-order valence-corrected chi connectivity index (χ0v) is 13.8. The van der Waals surface area contributed by atoms with Gasteiger partial charge < -0.3 is 5.32 Å². The molecule has 1 aromatic carbocycles. The van der Waals surface area contributed by atoms with Crippen LogP contribution < -0.4 is 5.32 Å². The predicted octanol–water partition coefficient (Wildman–Crippen LogP) is 4.24. The van der Waals surface area contributed by atoms with Crippen molar-refractivity contribution in [2.45, 2.75) is 32.2 Å². The van der Waals surface area contributed by atoms with Crippen LogP contribution in [0.15, 0.2) is 22.7 Å². The van der Waals surface area contributed by atoms with Crippen LogP contribution in [0, 0.1) is 0 Å². The molecule has 0 spiro atoms. The van der Waals surface area contributed by atoms with Gasteiger partial charge in [-0.1, -0.05) is 47.3 Å². The second kappa shape index (κ2) is 7.63. The fraction of sp³-hybridized carbons (Fsp3) is 0.600. The molecule has 0 saturated carbocycles. The minimum absolute atomic E-state index is 0.482. The molecule has 19 heavy (non-hydrogen) atoms. The molecule has 1 N–H and O–H groups in total. The first-order chi connectivity index (χ1) is 9.22. The van der Waals surface area contributed by atoms with Crippen LogP contribution in [0.2, 0.25) is 5.02 Å². The summed E-state index contributed by atoms with van der Waals surface area (Å²) in [6.45, 7) is 6.66. The summed E-state index contributed by atoms with van der Waals surface area (Å²) in [6, 6.07) is 6.62. The van der Waals surface area contributed by atoms with Crippen molar-refractivity contribution in [3.05, 3.63) is 33.3 Å². The van der Waals surface area contributed by atoms with Crippen molar-refractivity contribution in [1.82, 2.24) is 10.2 Å². The number of hydrogen-bond donors (Lipinski definition) is 1. The van der Waals surface area contributed by atoms with E-state index in [9.17, 15) is 0 Å². The summed E-state index contributed by atoms with van der Waals surface area (Å²) in [7, 11) is 0. The van der Waals surface area contributed by atoms with Crippen molar-refractivity contribution in [1.29, 1.82) is 0 Å². The van der Waals surface area contributed by atoms with E-state index in [0.29, 0.717) is 6.04 Å². The van der Waals surface area contributed by atoms with Gasteiger partial charge >= 0.3 is 0 Å². The highest BCUT2D eigenvalue weighted by Gasteiger charge is 2.23. The third kappa shape index (κ3) is 4.19.